The molecule has 0 aliphatic carbocycles. The van der Waals surface area contributed by atoms with Crippen molar-refractivity contribution in [1.82, 2.24) is 5.43 Å². The van der Waals surface area contributed by atoms with Gasteiger partial charge in [0, 0.05) is 0 Å². The standard InChI is InChI=1S/C30H22N4O6/c35-27(33-31-20-21-11-15-25(16-12-21)39-29(37)22-7-3-1-4-8-22)19-28(36)34-32-24-13-17-26(18-14-24)40-30(38)23-9-5-2-6-10-23/h1-18,20H,19H2,(H,33,35)/b31-20-,34-32?. The maximum atomic E-state index is 12.1. The molecule has 1 N–H and O–H groups in total. The van der Waals surface area contributed by atoms with Crippen LogP contribution in [0.2, 0.25) is 0 Å². The Bertz CT molecular complexity index is 1540. The van der Waals surface area contributed by atoms with E-state index >= 15 is 0 Å². The second-order valence-corrected chi connectivity index (χ2v) is 8.14. The number of nitrogens with one attached hydrogen (secondary N) is 1. The number of nitrogens with zero attached hydrogens (tertiary/aromatic N) is 3. The maximum Gasteiger partial charge on any atom is 0.343 e. The average molecular weight is 535 g/mol. The van der Waals surface area contributed by atoms with Gasteiger partial charge in [-0.05, 0) is 78.4 Å². The van der Waals surface area contributed by atoms with Gasteiger partial charge in [-0.3, -0.25) is 9.59 Å². The summed E-state index contributed by atoms with van der Waals surface area (Å²) < 4.78 is 10.6. The number of hydrazone groups is 1. The van der Waals surface area contributed by atoms with Crippen LogP contribution in [0.3, 0.4) is 0 Å². The van der Waals surface area contributed by atoms with Crippen molar-refractivity contribution in [3.05, 3.63) is 126 Å². The normalized spacial score (nSPS) is 10.8. The molecule has 0 spiro atoms. The minimum absolute atomic E-state index is 0.305. The van der Waals surface area contributed by atoms with Gasteiger partial charge >= 0.3 is 11.9 Å². The van der Waals surface area contributed by atoms with E-state index in [9.17, 15) is 19.2 Å². The van der Waals surface area contributed by atoms with Crippen molar-refractivity contribution in [2.24, 2.45) is 15.3 Å². The van der Waals surface area contributed by atoms with Crippen LogP contribution in [0.25, 0.3) is 0 Å². The number of hydrogen-bond donors (Lipinski definition) is 1. The SMILES string of the molecule is O=C(CC(=O)N/N=C\c1ccc(OC(=O)c2ccccc2)cc1)N=Nc1ccc(OC(=O)c2ccccc2)cc1. The van der Waals surface area contributed by atoms with E-state index in [1.807, 2.05) is 0 Å². The molecule has 198 valence electrons. The highest BCUT2D eigenvalue weighted by atomic mass is 16.5. The summed E-state index contributed by atoms with van der Waals surface area (Å²) in [6.45, 7) is 0. The van der Waals surface area contributed by atoms with Gasteiger partial charge in [0.1, 0.15) is 17.9 Å². The van der Waals surface area contributed by atoms with Gasteiger partial charge in [-0.2, -0.15) is 5.10 Å². The van der Waals surface area contributed by atoms with E-state index in [1.165, 1.54) is 30.5 Å². The number of hydrogen-bond acceptors (Lipinski definition) is 8. The molecule has 0 aromatic heterocycles. The van der Waals surface area contributed by atoms with Crippen molar-refractivity contribution >= 4 is 35.7 Å². The Morgan fingerprint density at radius 1 is 0.650 bits per heavy atom. The quantitative estimate of drug-likeness (QED) is 0.0775. The molecule has 0 bridgehead atoms. The summed E-state index contributed by atoms with van der Waals surface area (Å²) in [4.78, 5) is 48.1. The number of ether oxygens (including phenoxy) is 2. The lowest BCUT2D eigenvalue weighted by Gasteiger charge is -2.04. The van der Waals surface area contributed by atoms with E-state index < -0.39 is 30.2 Å². The van der Waals surface area contributed by atoms with E-state index in [1.54, 1.807) is 84.9 Å². The first kappa shape index (κ1) is 27.3. The Morgan fingerprint density at radius 3 is 1.68 bits per heavy atom. The predicted octanol–water partition coefficient (Wildman–Crippen LogP) is 5.28. The molecule has 10 heteroatoms. The van der Waals surface area contributed by atoms with Crippen LogP contribution in [0.1, 0.15) is 32.7 Å². The molecule has 2 amide bonds. The third kappa shape index (κ3) is 8.38. The summed E-state index contributed by atoms with van der Waals surface area (Å²) in [6.07, 6.45) is 0.820. The fourth-order valence-corrected chi connectivity index (χ4v) is 3.19. The fraction of sp³-hybridized carbons (Fsp3) is 0.0333. The van der Waals surface area contributed by atoms with E-state index in [2.05, 4.69) is 20.8 Å². The molecule has 0 heterocycles. The first-order valence-electron chi connectivity index (χ1n) is 12.0. The van der Waals surface area contributed by atoms with Gasteiger partial charge < -0.3 is 9.47 Å². The minimum Gasteiger partial charge on any atom is -0.423 e. The van der Waals surface area contributed by atoms with Crippen molar-refractivity contribution < 1.29 is 28.7 Å². The van der Waals surface area contributed by atoms with E-state index in [0.717, 1.165) is 0 Å². The van der Waals surface area contributed by atoms with Crippen LogP contribution in [0.15, 0.2) is 125 Å². The summed E-state index contributed by atoms with van der Waals surface area (Å²) in [5.41, 5.74) is 4.06. The highest BCUT2D eigenvalue weighted by Crippen LogP contribution is 2.20. The molecule has 4 rings (SSSR count). The van der Waals surface area contributed by atoms with Crippen LogP contribution in [0.5, 0.6) is 11.5 Å². The summed E-state index contributed by atoms with van der Waals surface area (Å²) in [5, 5.41) is 11.1. The molecule has 0 fully saturated rings. The first-order valence-corrected chi connectivity index (χ1v) is 12.0. The van der Waals surface area contributed by atoms with Crippen molar-refractivity contribution in [1.29, 1.82) is 0 Å². The monoisotopic (exact) mass is 534 g/mol. The smallest absolute Gasteiger partial charge is 0.343 e. The molecule has 40 heavy (non-hydrogen) atoms. The number of azo groups is 1. The molecule has 0 aliphatic heterocycles. The van der Waals surface area contributed by atoms with Gasteiger partial charge in [0.05, 0.1) is 23.0 Å². The lowest BCUT2D eigenvalue weighted by atomic mass is 10.2. The van der Waals surface area contributed by atoms with Crippen LogP contribution in [-0.4, -0.2) is 30.0 Å². The van der Waals surface area contributed by atoms with Gasteiger partial charge in [-0.15, -0.1) is 10.2 Å². The molecule has 0 aliphatic rings. The molecular formula is C30H22N4O6. The highest BCUT2D eigenvalue weighted by Gasteiger charge is 2.10. The molecule has 0 saturated heterocycles. The number of benzene rings is 4. The zero-order chi connectivity index (χ0) is 28.2. The summed E-state index contributed by atoms with van der Waals surface area (Å²) in [6, 6.07) is 29.7. The van der Waals surface area contributed by atoms with Gasteiger partial charge in [0.2, 0.25) is 5.91 Å². The number of carbonyl (C=O) groups excluding carboxylic acids is 4. The molecule has 4 aromatic carbocycles. The molecule has 4 aromatic rings. The van der Waals surface area contributed by atoms with Crippen LogP contribution < -0.4 is 14.9 Å². The third-order valence-corrected chi connectivity index (χ3v) is 5.15. The van der Waals surface area contributed by atoms with Crippen molar-refractivity contribution in [2.45, 2.75) is 6.42 Å². The summed E-state index contributed by atoms with van der Waals surface area (Å²) in [7, 11) is 0. The Labute approximate surface area is 229 Å². The second kappa shape index (κ2) is 13.7. The van der Waals surface area contributed by atoms with Crippen molar-refractivity contribution in [3.63, 3.8) is 0 Å². The lowest BCUT2D eigenvalue weighted by molar-refractivity contribution is -0.127. The van der Waals surface area contributed by atoms with E-state index in [0.29, 0.717) is 33.9 Å². The average Bonchev–Trinajstić information content (AvgIpc) is 2.98. The zero-order valence-corrected chi connectivity index (χ0v) is 21.0. The van der Waals surface area contributed by atoms with Crippen LogP contribution in [-0.2, 0) is 9.59 Å². The zero-order valence-electron chi connectivity index (χ0n) is 21.0. The number of rotatable bonds is 9. The minimum atomic E-state index is -0.767. The Kier molecular flexibility index (Phi) is 9.33. The summed E-state index contributed by atoms with van der Waals surface area (Å²) in [5.74, 6) is -1.75. The van der Waals surface area contributed by atoms with Gasteiger partial charge in [-0.25, -0.2) is 15.0 Å². The Morgan fingerprint density at radius 2 is 1.15 bits per heavy atom. The van der Waals surface area contributed by atoms with Crippen molar-refractivity contribution in [3.8, 4) is 11.5 Å². The highest BCUT2D eigenvalue weighted by molar-refractivity contribution is 5.97. The number of carbonyl (C=O) groups is 4. The summed E-state index contributed by atoms with van der Waals surface area (Å²) >= 11 is 0. The van der Waals surface area contributed by atoms with E-state index in [-0.39, 0.29) is 0 Å². The molecule has 0 unspecified atom stereocenters. The predicted molar refractivity (Wildman–Crippen MR) is 146 cm³/mol. The van der Waals surface area contributed by atoms with Crippen LogP contribution >= 0.6 is 0 Å². The van der Waals surface area contributed by atoms with Gasteiger partial charge in [0.25, 0.3) is 5.91 Å². The third-order valence-electron chi connectivity index (χ3n) is 5.15. The Hall–Kier alpha value is -5.77. The van der Waals surface area contributed by atoms with Crippen LogP contribution in [0.4, 0.5) is 5.69 Å². The largest absolute Gasteiger partial charge is 0.423 e. The second-order valence-electron chi connectivity index (χ2n) is 8.14. The molecule has 0 saturated carbocycles. The number of esters is 2. The van der Waals surface area contributed by atoms with Gasteiger partial charge in [-0.1, -0.05) is 36.4 Å². The van der Waals surface area contributed by atoms with Gasteiger partial charge in [0.15, 0.2) is 0 Å². The van der Waals surface area contributed by atoms with Crippen LogP contribution in [0, 0.1) is 0 Å². The Balaban J connectivity index is 1.19. The molecule has 10 nitrogen and oxygen atoms in total. The molecule has 0 atom stereocenters. The lowest BCUT2D eigenvalue weighted by Crippen LogP contribution is -2.20. The van der Waals surface area contributed by atoms with E-state index in [4.69, 9.17) is 9.47 Å². The molecular weight excluding hydrogens is 512 g/mol. The first-order chi connectivity index (χ1) is 19.5. The topological polar surface area (TPSA) is 136 Å². The number of amides is 2. The van der Waals surface area contributed by atoms with Crippen molar-refractivity contribution in [2.75, 3.05) is 0 Å². The maximum absolute atomic E-state index is 12.1. The fourth-order valence-electron chi connectivity index (χ4n) is 3.19. The molecule has 0 radical (unpaired) electrons.